The van der Waals surface area contributed by atoms with Crippen LogP contribution in [-0.4, -0.2) is 23.0 Å². The molecule has 0 heterocycles. The Labute approximate surface area is 206 Å². The summed E-state index contributed by atoms with van der Waals surface area (Å²) in [5.41, 5.74) is 1.67. The van der Waals surface area contributed by atoms with E-state index in [1.807, 2.05) is 24.3 Å². The van der Waals surface area contributed by atoms with Crippen molar-refractivity contribution < 1.29 is 28.2 Å². The van der Waals surface area contributed by atoms with E-state index in [2.05, 4.69) is 5.32 Å². The lowest BCUT2D eigenvalue weighted by Gasteiger charge is -2.14. The molecule has 4 aromatic rings. The van der Waals surface area contributed by atoms with Crippen molar-refractivity contribution in [1.82, 2.24) is 5.32 Å². The lowest BCUT2D eigenvalue weighted by atomic mass is 10.0. The summed E-state index contributed by atoms with van der Waals surface area (Å²) in [5.74, 6) is -1.93. The molecule has 7 heteroatoms. The van der Waals surface area contributed by atoms with Crippen LogP contribution in [0.25, 0.3) is 16.8 Å². The van der Waals surface area contributed by atoms with Crippen LogP contribution in [0.1, 0.15) is 16.7 Å². The number of hydrogen-bond donors (Lipinski definition) is 2. The second kappa shape index (κ2) is 11.3. The van der Waals surface area contributed by atoms with Gasteiger partial charge in [-0.25, -0.2) is 13.6 Å². The molecule has 0 aliphatic heterocycles. The van der Waals surface area contributed by atoms with Gasteiger partial charge in [-0.05, 0) is 58.3 Å². The fraction of sp³-hybridized carbons (Fsp3) is 0.103. The Morgan fingerprint density at radius 1 is 0.917 bits per heavy atom. The van der Waals surface area contributed by atoms with Crippen molar-refractivity contribution in [3.8, 4) is 5.75 Å². The summed E-state index contributed by atoms with van der Waals surface area (Å²) in [6.45, 7) is 0.101. The topological polar surface area (TPSA) is 75.6 Å². The normalized spacial score (nSPS) is 11.9. The number of fused-ring (bicyclic) bond motifs is 1. The smallest absolute Gasteiger partial charge is 0.326 e. The average Bonchev–Trinajstić information content (AvgIpc) is 2.86. The van der Waals surface area contributed by atoms with E-state index < -0.39 is 23.7 Å². The second-order valence-electron chi connectivity index (χ2n) is 8.22. The van der Waals surface area contributed by atoms with Gasteiger partial charge in [0.05, 0.1) is 0 Å². The van der Waals surface area contributed by atoms with Crippen LogP contribution >= 0.6 is 0 Å². The molecule has 0 bridgehead atoms. The molecule has 0 spiro atoms. The highest BCUT2D eigenvalue weighted by atomic mass is 19.1. The fourth-order valence-corrected chi connectivity index (χ4v) is 3.70. The molecule has 2 N–H and O–H groups in total. The van der Waals surface area contributed by atoms with Crippen LogP contribution in [0, 0.1) is 11.6 Å². The third-order valence-electron chi connectivity index (χ3n) is 5.56. The van der Waals surface area contributed by atoms with E-state index in [1.165, 1.54) is 36.4 Å². The molecule has 0 aromatic heterocycles. The molecule has 0 aliphatic carbocycles. The summed E-state index contributed by atoms with van der Waals surface area (Å²) >= 11 is 0. The Morgan fingerprint density at radius 2 is 1.69 bits per heavy atom. The first-order chi connectivity index (χ1) is 17.4. The Hall–Kier alpha value is -4.52. The van der Waals surface area contributed by atoms with Crippen LogP contribution in [0.15, 0.2) is 91.0 Å². The van der Waals surface area contributed by atoms with E-state index >= 15 is 0 Å². The second-order valence-corrected chi connectivity index (χ2v) is 8.22. The molecule has 1 amide bonds. The molecule has 5 nitrogen and oxygen atoms in total. The molecule has 0 saturated heterocycles. The zero-order valence-corrected chi connectivity index (χ0v) is 19.2. The van der Waals surface area contributed by atoms with Gasteiger partial charge in [-0.2, -0.15) is 0 Å². The minimum atomic E-state index is -1.17. The quantitative estimate of drug-likeness (QED) is 0.305. The first-order valence-corrected chi connectivity index (χ1v) is 11.2. The summed E-state index contributed by atoms with van der Waals surface area (Å²) < 4.78 is 32.8. The van der Waals surface area contributed by atoms with Crippen LogP contribution in [0.4, 0.5) is 8.78 Å². The molecular weight excluding hydrogens is 464 g/mol. The van der Waals surface area contributed by atoms with Gasteiger partial charge in [0.25, 0.3) is 0 Å². The number of amides is 1. The summed E-state index contributed by atoms with van der Waals surface area (Å²) in [6, 6.07) is 21.9. The maximum absolute atomic E-state index is 13.8. The van der Waals surface area contributed by atoms with Crippen molar-refractivity contribution in [2.75, 3.05) is 0 Å². The van der Waals surface area contributed by atoms with E-state index in [1.54, 1.807) is 36.4 Å². The van der Waals surface area contributed by atoms with Crippen LogP contribution in [0.3, 0.4) is 0 Å². The van der Waals surface area contributed by atoms with E-state index in [0.29, 0.717) is 16.9 Å². The van der Waals surface area contributed by atoms with E-state index in [-0.39, 0.29) is 18.8 Å². The van der Waals surface area contributed by atoms with Gasteiger partial charge in [-0.1, -0.05) is 54.6 Å². The molecule has 182 valence electrons. The van der Waals surface area contributed by atoms with Gasteiger partial charge in [-0.15, -0.1) is 0 Å². The standard InChI is InChI=1S/C29H23F2NO4/c30-24-6-3-4-19(15-24)9-13-28(33)32-27(29(34)35)16-20-8-10-22-17-25(12-11-21(22)14-20)36-18-23-5-1-2-7-26(23)31/h1-15,17,27H,16,18H2,(H,32,33)(H,34,35)/b13-9+. The SMILES string of the molecule is O=C(/C=C/c1cccc(F)c1)NC(Cc1ccc2cc(OCc3ccccc3F)ccc2c1)C(=O)O. The monoisotopic (exact) mass is 487 g/mol. The minimum absolute atomic E-state index is 0.0797. The third-order valence-corrected chi connectivity index (χ3v) is 5.56. The average molecular weight is 488 g/mol. The highest BCUT2D eigenvalue weighted by molar-refractivity contribution is 5.94. The molecule has 0 radical (unpaired) electrons. The molecule has 1 unspecified atom stereocenters. The number of nitrogens with one attached hydrogen (secondary N) is 1. The Kier molecular flexibility index (Phi) is 7.70. The Morgan fingerprint density at radius 3 is 2.47 bits per heavy atom. The van der Waals surface area contributed by atoms with Crippen LogP contribution in [0.5, 0.6) is 5.75 Å². The van der Waals surface area contributed by atoms with Gasteiger partial charge in [0.2, 0.25) is 5.91 Å². The number of carbonyl (C=O) groups is 2. The molecular formula is C29H23F2NO4. The maximum atomic E-state index is 13.8. The van der Waals surface area contributed by atoms with Crippen molar-refractivity contribution in [3.05, 3.63) is 119 Å². The molecule has 0 aliphatic rings. The number of aliphatic carboxylic acids is 1. The first kappa shape index (κ1) is 24.6. The van der Waals surface area contributed by atoms with Gasteiger partial charge in [0, 0.05) is 18.1 Å². The number of carboxylic acid groups (broad SMARTS) is 1. The van der Waals surface area contributed by atoms with E-state index in [9.17, 15) is 23.5 Å². The number of ether oxygens (including phenoxy) is 1. The number of carboxylic acids is 1. The summed E-state index contributed by atoms with van der Waals surface area (Å²) in [4.78, 5) is 24.0. The lowest BCUT2D eigenvalue weighted by Crippen LogP contribution is -2.41. The van der Waals surface area contributed by atoms with E-state index in [4.69, 9.17) is 4.74 Å². The fourth-order valence-electron chi connectivity index (χ4n) is 3.70. The third kappa shape index (κ3) is 6.54. The van der Waals surface area contributed by atoms with Crippen LogP contribution in [-0.2, 0) is 22.6 Å². The molecule has 4 rings (SSSR count). The predicted molar refractivity (Wildman–Crippen MR) is 133 cm³/mol. The Balaban J connectivity index is 1.41. The van der Waals surface area contributed by atoms with Gasteiger partial charge in [0.1, 0.15) is 30.0 Å². The highest BCUT2D eigenvalue weighted by Crippen LogP contribution is 2.24. The zero-order chi connectivity index (χ0) is 25.5. The van der Waals surface area contributed by atoms with Crippen molar-refractivity contribution in [2.24, 2.45) is 0 Å². The Bertz CT molecular complexity index is 1430. The largest absolute Gasteiger partial charge is 0.489 e. The van der Waals surface area contributed by atoms with E-state index in [0.717, 1.165) is 16.3 Å². The van der Waals surface area contributed by atoms with Crippen molar-refractivity contribution >= 4 is 28.7 Å². The van der Waals surface area contributed by atoms with Crippen molar-refractivity contribution in [2.45, 2.75) is 19.1 Å². The molecule has 0 saturated carbocycles. The minimum Gasteiger partial charge on any atom is -0.489 e. The van der Waals surface area contributed by atoms with Crippen molar-refractivity contribution in [3.63, 3.8) is 0 Å². The molecule has 0 fully saturated rings. The first-order valence-electron chi connectivity index (χ1n) is 11.2. The lowest BCUT2D eigenvalue weighted by molar-refractivity contribution is -0.141. The zero-order valence-electron chi connectivity index (χ0n) is 19.2. The number of carbonyl (C=O) groups excluding carboxylic acids is 1. The summed E-state index contributed by atoms with van der Waals surface area (Å²) in [7, 11) is 0. The summed E-state index contributed by atoms with van der Waals surface area (Å²) in [6.07, 6.45) is 2.67. The molecule has 4 aromatic carbocycles. The van der Waals surface area contributed by atoms with Gasteiger partial charge in [0.15, 0.2) is 0 Å². The number of hydrogen-bond acceptors (Lipinski definition) is 3. The van der Waals surface area contributed by atoms with Crippen LogP contribution < -0.4 is 10.1 Å². The molecule has 36 heavy (non-hydrogen) atoms. The number of benzene rings is 4. The van der Waals surface area contributed by atoms with Gasteiger partial charge >= 0.3 is 5.97 Å². The maximum Gasteiger partial charge on any atom is 0.326 e. The van der Waals surface area contributed by atoms with Gasteiger partial charge < -0.3 is 15.2 Å². The summed E-state index contributed by atoms with van der Waals surface area (Å²) in [5, 5.41) is 13.8. The number of halogens is 2. The van der Waals surface area contributed by atoms with Crippen molar-refractivity contribution in [1.29, 1.82) is 0 Å². The highest BCUT2D eigenvalue weighted by Gasteiger charge is 2.19. The molecule has 1 atom stereocenters. The van der Waals surface area contributed by atoms with Gasteiger partial charge in [-0.3, -0.25) is 4.79 Å². The van der Waals surface area contributed by atoms with Crippen LogP contribution in [0.2, 0.25) is 0 Å². The predicted octanol–water partition coefficient (Wildman–Crippen LogP) is 5.52. The number of rotatable bonds is 9.